The molecule has 0 radical (unpaired) electrons. The molecule has 3 heteroatoms. The van der Waals surface area contributed by atoms with Crippen molar-refractivity contribution in [2.45, 2.75) is 9.79 Å². The lowest BCUT2D eigenvalue weighted by Gasteiger charge is -2.28. The minimum atomic E-state index is -0.909. The predicted molar refractivity (Wildman–Crippen MR) is 119 cm³/mol. The molecule has 0 aliphatic carbocycles. The number of hydrogen-bond donors (Lipinski definition) is 1. The first-order valence-electron chi connectivity index (χ1n) is 8.90. The average molecular weight is 388 g/mol. The van der Waals surface area contributed by atoms with E-state index in [1.807, 2.05) is 0 Å². The van der Waals surface area contributed by atoms with Gasteiger partial charge in [0.05, 0.1) is 0 Å². The fraction of sp³-hybridized carbons (Fsp3) is 0. The molecule has 4 aromatic carbocycles. The molecule has 0 saturated carbocycles. The molecule has 0 N–H and O–H groups in total. The second kappa shape index (κ2) is 9.01. The zero-order valence-corrected chi connectivity index (χ0v) is 16.6. The van der Waals surface area contributed by atoms with Gasteiger partial charge in [0.2, 0.25) is 0 Å². The Labute approximate surface area is 165 Å². The first kappa shape index (κ1) is 18.0. The van der Waals surface area contributed by atoms with Gasteiger partial charge in [-0.1, -0.05) is 108 Å². The van der Waals surface area contributed by atoms with Crippen LogP contribution in [-0.4, -0.2) is 0 Å². The van der Waals surface area contributed by atoms with Crippen LogP contribution in [0.5, 0.6) is 0 Å². The van der Waals surface area contributed by atoms with Crippen molar-refractivity contribution in [2.75, 3.05) is 0 Å². The van der Waals surface area contributed by atoms with Crippen LogP contribution in [0.4, 0.5) is 0 Å². The molecule has 0 saturated heterocycles. The van der Waals surface area contributed by atoms with E-state index >= 15 is 0 Å². The van der Waals surface area contributed by atoms with Gasteiger partial charge in [0, 0.05) is 20.4 Å². The van der Waals surface area contributed by atoms with Crippen molar-refractivity contribution < 1.29 is 3.97 Å². The molecule has 27 heavy (non-hydrogen) atoms. The summed E-state index contributed by atoms with van der Waals surface area (Å²) in [5, 5.41) is 2.47. The third kappa shape index (κ3) is 4.48. The fourth-order valence-electron chi connectivity index (χ4n) is 2.82. The number of thiol groups is 1. The lowest BCUT2D eigenvalue weighted by Crippen LogP contribution is -2.13. The van der Waals surface area contributed by atoms with E-state index in [4.69, 9.17) is 3.97 Å². The Hall–Kier alpha value is -2.38. The van der Waals surface area contributed by atoms with Gasteiger partial charge in [-0.05, 0) is 24.3 Å². The summed E-state index contributed by atoms with van der Waals surface area (Å²) in [6.45, 7) is 0. The summed E-state index contributed by atoms with van der Waals surface area (Å²) in [6.07, 6.45) is 0. The summed E-state index contributed by atoms with van der Waals surface area (Å²) in [5.41, 5.74) is 0. The molecule has 4 rings (SSSR count). The van der Waals surface area contributed by atoms with Crippen LogP contribution in [0, 0.1) is 0 Å². The summed E-state index contributed by atoms with van der Waals surface area (Å²) in [6, 6.07) is 42.3. The number of benzene rings is 4. The van der Waals surface area contributed by atoms with Crippen molar-refractivity contribution in [3.63, 3.8) is 0 Å². The van der Waals surface area contributed by atoms with Crippen LogP contribution < -0.4 is 10.6 Å². The molecular weight excluding hydrogens is 367 g/mol. The molecule has 0 spiro atoms. The summed E-state index contributed by atoms with van der Waals surface area (Å²) < 4.78 is 6.92. The molecule has 0 atom stereocenters. The molecule has 0 aliphatic heterocycles. The van der Waals surface area contributed by atoms with E-state index in [-0.39, 0.29) is 0 Å². The zero-order chi connectivity index (χ0) is 18.3. The van der Waals surface area contributed by atoms with Crippen molar-refractivity contribution in [1.82, 2.24) is 0 Å². The minimum Gasteiger partial charge on any atom is -0.299 e. The lowest BCUT2D eigenvalue weighted by atomic mass is 10.4. The van der Waals surface area contributed by atoms with E-state index < -0.39 is 19.3 Å². The topological polar surface area (TPSA) is 9.23 Å². The normalized spacial score (nSPS) is 11.4. The highest BCUT2D eigenvalue weighted by molar-refractivity contribution is 8.15. The van der Waals surface area contributed by atoms with Crippen molar-refractivity contribution in [3.8, 4) is 0 Å². The molecule has 0 unspecified atom stereocenters. The molecule has 4 aromatic rings. The van der Waals surface area contributed by atoms with Crippen LogP contribution in [0.15, 0.2) is 131 Å². The van der Waals surface area contributed by atoms with Crippen LogP contribution in [0.2, 0.25) is 0 Å². The molecule has 0 fully saturated rings. The monoisotopic (exact) mass is 388 g/mol. The van der Waals surface area contributed by atoms with Gasteiger partial charge < -0.3 is 0 Å². The van der Waals surface area contributed by atoms with Gasteiger partial charge in [-0.3, -0.25) is 3.97 Å². The SMILES string of the molecule is c1ccc(P(O[SH](c2ccccc2)c2ccccc2)c2ccccc2)cc1. The highest BCUT2D eigenvalue weighted by Gasteiger charge is 2.21. The third-order valence-corrected chi connectivity index (χ3v) is 8.50. The van der Waals surface area contributed by atoms with Crippen LogP contribution in [0.1, 0.15) is 0 Å². The van der Waals surface area contributed by atoms with Crippen LogP contribution >= 0.6 is 19.3 Å². The van der Waals surface area contributed by atoms with Crippen molar-refractivity contribution >= 4 is 29.9 Å². The first-order chi connectivity index (χ1) is 13.4. The molecule has 1 nitrogen and oxygen atoms in total. The predicted octanol–water partition coefficient (Wildman–Crippen LogP) is 6.09. The zero-order valence-electron chi connectivity index (χ0n) is 14.8. The Morgan fingerprint density at radius 2 is 0.778 bits per heavy atom. The maximum Gasteiger partial charge on any atom is 0.107 e. The first-order valence-corrected chi connectivity index (χ1v) is 11.4. The number of hydrogen-bond acceptors (Lipinski definition) is 1. The van der Waals surface area contributed by atoms with E-state index in [2.05, 4.69) is 121 Å². The van der Waals surface area contributed by atoms with Gasteiger partial charge in [-0.2, -0.15) is 0 Å². The lowest BCUT2D eigenvalue weighted by molar-refractivity contribution is 0.718. The highest BCUT2D eigenvalue weighted by atomic mass is 32.2. The fourth-order valence-corrected chi connectivity index (χ4v) is 7.35. The molecule has 0 aliphatic rings. The van der Waals surface area contributed by atoms with Gasteiger partial charge in [0.15, 0.2) is 0 Å². The standard InChI is InChI=1S/C24H21OPS/c1-5-13-21(14-6-1)26(22-15-7-2-8-16-22)25-27(23-17-9-3-10-18-23)24-19-11-4-12-20-24/h1-20,27H. The molecule has 0 heterocycles. The van der Waals surface area contributed by atoms with E-state index in [1.165, 1.54) is 20.4 Å². The molecule has 0 aromatic heterocycles. The second-order valence-corrected chi connectivity index (χ2v) is 9.91. The van der Waals surface area contributed by atoms with Gasteiger partial charge >= 0.3 is 0 Å². The number of rotatable bonds is 6. The van der Waals surface area contributed by atoms with Crippen molar-refractivity contribution in [2.24, 2.45) is 0 Å². The average Bonchev–Trinajstić information content (AvgIpc) is 2.77. The maximum absolute atomic E-state index is 6.92. The smallest absolute Gasteiger partial charge is 0.107 e. The van der Waals surface area contributed by atoms with Crippen LogP contribution in [0.3, 0.4) is 0 Å². The van der Waals surface area contributed by atoms with Gasteiger partial charge in [0.1, 0.15) is 8.15 Å². The largest absolute Gasteiger partial charge is 0.299 e. The van der Waals surface area contributed by atoms with Crippen LogP contribution in [0.25, 0.3) is 0 Å². The van der Waals surface area contributed by atoms with Crippen molar-refractivity contribution in [1.29, 1.82) is 0 Å². The van der Waals surface area contributed by atoms with Gasteiger partial charge in [-0.15, -0.1) is 0 Å². The van der Waals surface area contributed by atoms with Crippen LogP contribution in [-0.2, 0) is 3.97 Å². The Bertz CT molecular complexity index is 787. The molecule has 134 valence electrons. The van der Waals surface area contributed by atoms with E-state index in [0.29, 0.717) is 0 Å². The Morgan fingerprint density at radius 3 is 1.15 bits per heavy atom. The van der Waals surface area contributed by atoms with E-state index in [0.717, 1.165) is 0 Å². The summed E-state index contributed by atoms with van der Waals surface area (Å²) in [4.78, 5) is 2.47. The van der Waals surface area contributed by atoms with E-state index in [1.54, 1.807) is 0 Å². The molecule has 0 bridgehead atoms. The molecule has 0 amide bonds. The summed E-state index contributed by atoms with van der Waals surface area (Å²) >= 11 is -0.909. The molecular formula is C24H21OPS. The summed E-state index contributed by atoms with van der Waals surface area (Å²) in [5.74, 6) is 0. The maximum atomic E-state index is 6.92. The Balaban J connectivity index is 1.77. The highest BCUT2D eigenvalue weighted by Crippen LogP contribution is 2.55. The summed E-state index contributed by atoms with van der Waals surface area (Å²) in [7, 11) is -0.909. The third-order valence-electron chi connectivity index (χ3n) is 4.13. The quantitative estimate of drug-likeness (QED) is 0.311. The van der Waals surface area contributed by atoms with Gasteiger partial charge in [-0.25, -0.2) is 0 Å². The Kier molecular flexibility index (Phi) is 6.01. The minimum absolute atomic E-state index is 0.909. The van der Waals surface area contributed by atoms with Crippen molar-refractivity contribution in [3.05, 3.63) is 121 Å². The Morgan fingerprint density at radius 1 is 0.444 bits per heavy atom. The van der Waals surface area contributed by atoms with E-state index in [9.17, 15) is 0 Å². The second-order valence-electron chi connectivity index (χ2n) is 6.01. The van der Waals surface area contributed by atoms with Gasteiger partial charge in [0.25, 0.3) is 0 Å².